The summed E-state index contributed by atoms with van der Waals surface area (Å²) in [7, 11) is 1.65. The van der Waals surface area contributed by atoms with Gasteiger partial charge in [0.25, 0.3) is 5.56 Å². The summed E-state index contributed by atoms with van der Waals surface area (Å²) in [4.78, 5) is 24.6. The smallest absolute Gasteiger partial charge is 0.251 e. The molecular weight excluding hydrogens is 290 g/mol. The van der Waals surface area contributed by atoms with Gasteiger partial charge in [0.2, 0.25) is 0 Å². The first-order chi connectivity index (χ1) is 11.0. The highest BCUT2D eigenvalue weighted by Gasteiger charge is 2.14. The van der Waals surface area contributed by atoms with Gasteiger partial charge in [0.15, 0.2) is 5.78 Å². The summed E-state index contributed by atoms with van der Waals surface area (Å²) in [5.74, 6) is -0.0545. The molecule has 2 aromatic carbocycles. The van der Waals surface area contributed by atoms with Crippen molar-refractivity contribution in [2.24, 2.45) is 7.05 Å². The lowest BCUT2D eigenvalue weighted by Gasteiger charge is -2.13. The molecule has 0 radical (unpaired) electrons. The molecule has 3 aromatic rings. The van der Waals surface area contributed by atoms with E-state index in [2.05, 4.69) is 0 Å². The van der Waals surface area contributed by atoms with Crippen molar-refractivity contribution in [3.05, 3.63) is 70.0 Å². The lowest BCUT2D eigenvalue weighted by atomic mass is 9.99. The normalized spacial score (nSPS) is 10.8. The fourth-order valence-corrected chi connectivity index (χ4v) is 2.78. The molecule has 0 bridgehead atoms. The number of carbonyl (C=O) groups excluding carboxylic acids is 1. The van der Waals surface area contributed by atoms with Gasteiger partial charge in [0.1, 0.15) is 0 Å². The third-order valence-corrected chi connectivity index (χ3v) is 3.92. The van der Waals surface area contributed by atoms with Crippen molar-refractivity contribution in [1.29, 1.82) is 0 Å². The zero-order valence-electron chi connectivity index (χ0n) is 12.7. The maximum Gasteiger partial charge on any atom is 0.251 e. The van der Waals surface area contributed by atoms with Gasteiger partial charge in [-0.3, -0.25) is 9.59 Å². The summed E-state index contributed by atoms with van der Waals surface area (Å²) in [6.07, 6.45) is 0.124. The van der Waals surface area contributed by atoms with Crippen LogP contribution in [0.2, 0.25) is 0 Å². The van der Waals surface area contributed by atoms with Gasteiger partial charge in [0, 0.05) is 36.2 Å². The van der Waals surface area contributed by atoms with Crippen LogP contribution in [-0.4, -0.2) is 10.4 Å². The Labute approximate surface area is 133 Å². The molecule has 0 saturated heterocycles. The Kier molecular flexibility index (Phi) is 3.62. The van der Waals surface area contributed by atoms with Crippen LogP contribution in [0.1, 0.15) is 15.9 Å². The minimum absolute atomic E-state index is 0.0545. The molecule has 1 heterocycles. The highest BCUT2D eigenvalue weighted by Crippen LogP contribution is 2.26. The van der Waals surface area contributed by atoms with Crippen LogP contribution in [0.25, 0.3) is 10.9 Å². The topological polar surface area (TPSA) is 91.1 Å². The van der Waals surface area contributed by atoms with Crippen LogP contribution >= 0.6 is 0 Å². The van der Waals surface area contributed by atoms with E-state index in [1.165, 1.54) is 10.6 Å². The molecule has 5 nitrogen and oxygen atoms in total. The van der Waals surface area contributed by atoms with Gasteiger partial charge in [-0.05, 0) is 17.7 Å². The molecule has 0 atom stereocenters. The summed E-state index contributed by atoms with van der Waals surface area (Å²) < 4.78 is 1.47. The molecule has 0 aliphatic heterocycles. The second kappa shape index (κ2) is 5.61. The first kappa shape index (κ1) is 14.8. The van der Waals surface area contributed by atoms with Crippen molar-refractivity contribution in [2.45, 2.75) is 6.42 Å². The van der Waals surface area contributed by atoms with E-state index in [0.717, 1.165) is 5.39 Å². The molecule has 5 heteroatoms. The lowest BCUT2D eigenvalue weighted by Crippen LogP contribution is -2.19. The number of hydrogen-bond donors (Lipinski definition) is 2. The van der Waals surface area contributed by atoms with E-state index in [-0.39, 0.29) is 17.8 Å². The number of nitrogens with zero attached hydrogens (tertiary/aromatic N) is 1. The number of aromatic nitrogens is 1. The Hall–Kier alpha value is -3.08. The first-order valence-corrected chi connectivity index (χ1v) is 7.23. The average molecular weight is 307 g/mol. The number of aryl methyl sites for hydroxylation is 1. The molecule has 0 aliphatic carbocycles. The largest absolute Gasteiger partial charge is 0.399 e. The predicted molar refractivity (Wildman–Crippen MR) is 92.5 cm³/mol. The molecule has 0 unspecified atom stereocenters. The average Bonchev–Trinajstić information content (AvgIpc) is 2.52. The maximum absolute atomic E-state index is 12.5. The predicted octanol–water partition coefficient (Wildman–Crippen LogP) is 2.13. The second-order valence-corrected chi connectivity index (χ2v) is 5.54. The summed E-state index contributed by atoms with van der Waals surface area (Å²) in [5, 5.41) is 0.730. The van der Waals surface area contributed by atoms with Gasteiger partial charge in [-0.1, -0.05) is 30.3 Å². The number of rotatable bonds is 3. The van der Waals surface area contributed by atoms with Gasteiger partial charge < -0.3 is 16.0 Å². The number of pyridine rings is 1. The summed E-state index contributed by atoms with van der Waals surface area (Å²) >= 11 is 0. The molecule has 0 amide bonds. The van der Waals surface area contributed by atoms with Crippen molar-refractivity contribution in [2.75, 3.05) is 11.5 Å². The number of hydrogen-bond acceptors (Lipinski definition) is 4. The minimum atomic E-state index is -0.204. The molecule has 1 aromatic heterocycles. The number of nitrogen functional groups attached to an aromatic ring is 2. The Morgan fingerprint density at radius 3 is 2.48 bits per heavy atom. The van der Waals surface area contributed by atoms with E-state index in [9.17, 15) is 9.59 Å². The zero-order chi connectivity index (χ0) is 16.6. The maximum atomic E-state index is 12.5. The standard InChI is InChI=1S/C18H17N3O2/c1-21-17(23)8-12(7-16(22)11-5-3-2-4-6-11)14-9-13(19)10-15(20)18(14)21/h2-6,8-10H,7,19-20H2,1H3. The number of anilines is 2. The lowest BCUT2D eigenvalue weighted by molar-refractivity contribution is 0.0993. The quantitative estimate of drug-likeness (QED) is 0.573. The Balaban J connectivity index is 2.16. The molecular formula is C18H17N3O2. The van der Waals surface area contributed by atoms with Crippen LogP contribution in [-0.2, 0) is 13.5 Å². The van der Waals surface area contributed by atoms with Crippen LogP contribution in [0.4, 0.5) is 11.4 Å². The van der Waals surface area contributed by atoms with E-state index in [1.807, 2.05) is 18.2 Å². The van der Waals surface area contributed by atoms with E-state index < -0.39 is 0 Å². The molecule has 3 rings (SSSR count). The monoisotopic (exact) mass is 307 g/mol. The Morgan fingerprint density at radius 1 is 1.09 bits per heavy atom. The fraction of sp³-hybridized carbons (Fsp3) is 0.111. The van der Waals surface area contributed by atoms with Crippen LogP contribution in [0.15, 0.2) is 53.3 Å². The van der Waals surface area contributed by atoms with E-state index in [0.29, 0.717) is 28.0 Å². The number of benzene rings is 2. The summed E-state index contributed by atoms with van der Waals surface area (Å²) in [6.45, 7) is 0. The Bertz CT molecular complexity index is 959. The number of Topliss-reactive ketones (excluding diaryl/α,β-unsaturated/α-hetero) is 1. The van der Waals surface area contributed by atoms with Gasteiger partial charge in [-0.15, -0.1) is 0 Å². The van der Waals surface area contributed by atoms with Crippen molar-refractivity contribution in [3.8, 4) is 0 Å². The fourth-order valence-electron chi connectivity index (χ4n) is 2.78. The number of fused-ring (bicyclic) bond motifs is 1. The van der Waals surface area contributed by atoms with Gasteiger partial charge >= 0.3 is 0 Å². The number of carbonyl (C=O) groups is 1. The van der Waals surface area contributed by atoms with Crippen LogP contribution in [0.5, 0.6) is 0 Å². The minimum Gasteiger partial charge on any atom is -0.399 e. The molecule has 23 heavy (non-hydrogen) atoms. The van der Waals surface area contributed by atoms with E-state index >= 15 is 0 Å². The van der Waals surface area contributed by atoms with Crippen LogP contribution in [0, 0.1) is 0 Å². The number of nitrogens with two attached hydrogens (primary N) is 2. The molecule has 0 fully saturated rings. The van der Waals surface area contributed by atoms with E-state index in [1.54, 1.807) is 31.3 Å². The third-order valence-electron chi connectivity index (χ3n) is 3.92. The van der Waals surface area contributed by atoms with Gasteiger partial charge in [0.05, 0.1) is 11.2 Å². The van der Waals surface area contributed by atoms with E-state index in [4.69, 9.17) is 11.5 Å². The first-order valence-electron chi connectivity index (χ1n) is 7.23. The van der Waals surface area contributed by atoms with Crippen LogP contribution < -0.4 is 17.0 Å². The molecule has 0 aliphatic rings. The van der Waals surface area contributed by atoms with Crippen molar-refractivity contribution in [3.63, 3.8) is 0 Å². The second-order valence-electron chi connectivity index (χ2n) is 5.54. The molecule has 0 spiro atoms. The zero-order valence-corrected chi connectivity index (χ0v) is 12.7. The summed E-state index contributed by atoms with van der Waals surface area (Å²) in [6, 6.07) is 13.8. The highest BCUT2D eigenvalue weighted by molar-refractivity contribution is 6.01. The summed E-state index contributed by atoms with van der Waals surface area (Å²) in [5.41, 5.74) is 14.5. The van der Waals surface area contributed by atoms with Crippen molar-refractivity contribution >= 4 is 28.1 Å². The van der Waals surface area contributed by atoms with Gasteiger partial charge in [-0.2, -0.15) is 0 Å². The Morgan fingerprint density at radius 2 is 1.78 bits per heavy atom. The SMILES string of the molecule is Cn1c(=O)cc(CC(=O)c2ccccc2)c2cc(N)cc(N)c21. The third kappa shape index (κ3) is 2.68. The number of ketones is 1. The highest BCUT2D eigenvalue weighted by atomic mass is 16.1. The van der Waals surface area contributed by atoms with Crippen molar-refractivity contribution < 1.29 is 4.79 Å². The van der Waals surface area contributed by atoms with Crippen LogP contribution in [0.3, 0.4) is 0 Å². The molecule has 116 valence electrons. The van der Waals surface area contributed by atoms with Gasteiger partial charge in [-0.25, -0.2) is 0 Å². The molecule has 4 N–H and O–H groups in total. The van der Waals surface area contributed by atoms with Crippen molar-refractivity contribution in [1.82, 2.24) is 4.57 Å². The molecule has 0 saturated carbocycles.